The van der Waals surface area contributed by atoms with Gasteiger partial charge in [0, 0.05) is 17.3 Å². The van der Waals surface area contributed by atoms with Crippen molar-refractivity contribution in [1.29, 1.82) is 0 Å². The number of carbonyl (C=O) groups excluding carboxylic acids is 1. The highest BCUT2D eigenvalue weighted by molar-refractivity contribution is 5.68. The minimum Gasteiger partial charge on any atom is -0.442 e. The number of aromatic nitrogens is 1. The first-order valence-electron chi connectivity index (χ1n) is 8.10. The number of rotatable bonds is 5. The smallest absolute Gasteiger partial charge is 0.408 e. The third-order valence-corrected chi connectivity index (χ3v) is 3.37. The monoisotopic (exact) mass is 358 g/mol. The lowest BCUT2D eigenvalue weighted by Gasteiger charge is -2.22. The van der Waals surface area contributed by atoms with E-state index in [-0.39, 0.29) is 11.2 Å². The summed E-state index contributed by atoms with van der Waals surface area (Å²) in [5, 5.41) is 16.4. The zero-order valence-corrected chi connectivity index (χ0v) is 15.1. The van der Waals surface area contributed by atoms with Gasteiger partial charge >= 0.3 is 6.09 Å². The first-order chi connectivity index (χ1) is 12.1. The van der Waals surface area contributed by atoms with Gasteiger partial charge in [0.05, 0.1) is 4.92 Å². The molecule has 0 radical (unpaired) electrons. The second kappa shape index (κ2) is 7.81. The summed E-state index contributed by atoms with van der Waals surface area (Å²) in [6.45, 7) is 7.44. The predicted octanol–water partition coefficient (Wildman–Crippen LogP) is 4.32. The Morgan fingerprint density at radius 2 is 1.85 bits per heavy atom. The lowest BCUT2D eigenvalue weighted by atomic mass is 10.1. The highest BCUT2D eigenvalue weighted by Gasteiger charge is 2.17. The molecule has 0 saturated carbocycles. The summed E-state index contributed by atoms with van der Waals surface area (Å²) in [6, 6.07) is 10.2. The molecule has 0 saturated heterocycles. The van der Waals surface area contributed by atoms with Crippen molar-refractivity contribution in [3.05, 3.63) is 58.3 Å². The minimum absolute atomic E-state index is 0.0644. The maximum absolute atomic E-state index is 11.8. The molecule has 1 aromatic carbocycles. The summed E-state index contributed by atoms with van der Waals surface area (Å²) in [5.41, 5.74) is 1.19. The number of nitrogens with zero attached hydrogens (tertiary/aromatic N) is 2. The largest absolute Gasteiger partial charge is 0.442 e. The third-order valence-electron chi connectivity index (χ3n) is 3.37. The Balaban J connectivity index is 1.96. The number of benzene rings is 1. The van der Waals surface area contributed by atoms with Crippen molar-refractivity contribution in [3.63, 3.8) is 0 Å². The third kappa shape index (κ3) is 5.73. The van der Waals surface area contributed by atoms with E-state index in [2.05, 4.69) is 15.6 Å². The number of anilines is 2. The van der Waals surface area contributed by atoms with Gasteiger partial charge in [-0.1, -0.05) is 12.1 Å². The maximum atomic E-state index is 11.8. The van der Waals surface area contributed by atoms with E-state index in [1.165, 1.54) is 18.3 Å². The van der Waals surface area contributed by atoms with Crippen molar-refractivity contribution in [2.45, 2.75) is 39.3 Å². The van der Waals surface area contributed by atoms with Crippen LogP contribution in [-0.4, -0.2) is 21.5 Å². The molecular formula is C18H22N4O4. The zero-order valence-electron chi connectivity index (χ0n) is 15.1. The first-order valence-corrected chi connectivity index (χ1v) is 8.10. The summed E-state index contributed by atoms with van der Waals surface area (Å²) in [7, 11) is 0. The summed E-state index contributed by atoms with van der Waals surface area (Å²) >= 11 is 0. The molecule has 0 unspecified atom stereocenters. The van der Waals surface area contributed by atoms with Crippen LogP contribution in [0.1, 0.15) is 39.4 Å². The molecule has 138 valence electrons. The molecule has 0 aliphatic carbocycles. The Bertz CT molecular complexity index is 767. The van der Waals surface area contributed by atoms with Gasteiger partial charge in [0.15, 0.2) is 0 Å². The van der Waals surface area contributed by atoms with Crippen LogP contribution < -0.4 is 10.6 Å². The second-order valence-corrected chi connectivity index (χ2v) is 6.83. The van der Waals surface area contributed by atoms with E-state index in [1.54, 1.807) is 6.92 Å². The number of amides is 1. The molecule has 0 spiro atoms. The zero-order chi connectivity index (χ0) is 19.3. The number of carbonyl (C=O) groups is 1. The van der Waals surface area contributed by atoms with E-state index in [1.807, 2.05) is 45.0 Å². The Morgan fingerprint density at radius 1 is 1.19 bits per heavy atom. The lowest BCUT2D eigenvalue weighted by molar-refractivity contribution is -0.385. The van der Waals surface area contributed by atoms with Crippen molar-refractivity contribution in [2.75, 3.05) is 5.32 Å². The van der Waals surface area contributed by atoms with Crippen molar-refractivity contribution in [1.82, 2.24) is 10.3 Å². The number of hydrogen-bond donors (Lipinski definition) is 2. The summed E-state index contributed by atoms with van der Waals surface area (Å²) in [5.74, 6) is 0.497. The Labute approximate surface area is 151 Å². The molecule has 1 atom stereocenters. The summed E-state index contributed by atoms with van der Waals surface area (Å²) in [4.78, 5) is 26.0. The Kier molecular flexibility index (Phi) is 5.76. The summed E-state index contributed by atoms with van der Waals surface area (Å²) in [6.07, 6.45) is 0.326. The molecular weight excluding hydrogens is 336 g/mol. The molecule has 1 heterocycles. The summed E-state index contributed by atoms with van der Waals surface area (Å²) < 4.78 is 5.36. The molecule has 0 fully saturated rings. The molecule has 26 heavy (non-hydrogen) atoms. The minimum atomic E-state index is -0.497. The Hall–Kier alpha value is -3.16. The molecule has 2 rings (SSSR count). The molecule has 0 aliphatic rings. The van der Waals surface area contributed by atoms with Gasteiger partial charge in [-0.3, -0.25) is 10.1 Å². The van der Waals surface area contributed by atoms with Crippen LogP contribution in [0.15, 0.2) is 42.6 Å². The van der Waals surface area contributed by atoms with Crippen LogP contribution in [0.3, 0.4) is 0 Å². The fourth-order valence-corrected chi connectivity index (χ4v) is 2.12. The van der Waals surface area contributed by atoms with Crippen LogP contribution in [0.4, 0.5) is 22.0 Å². The van der Waals surface area contributed by atoms with Crippen molar-refractivity contribution in [3.8, 4) is 0 Å². The normalized spacial score (nSPS) is 12.2. The van der Waals surface area contributed by atoms with Crippen LogP contribution in [0.2, 0.25) is 0 Å². The molecule has 0 aliphatic heterocycles. The highest BCUT2D eigenvalue weighted by atomic mass is 16.6. The number of hydrogen-bond acceptors (Lipinski definition) is 6. The van der Waals surface area contributed by atoms with E-state index in [0.29, 0.717) is 5.82 Å². The number of nitro groups is 1. The highest BCUT2D eigenvalue weighted by Crippen LogP contribution is 2.22. The van der Waals surface area contributed by atoms with E-state index in [9.17, 15) is 14.9 Å². The lowest BCUT2D eigenvalue weighted by Crippen LogP contribution is -2.41. The maximum Gasteiger partial charge on any atom is 0.408 e. The number of nitrogens with one attached hydrogen (secondary N) is 2. The average molecular weight is 358 g/mol. The molecule has 2 aromatic rings. The fraction of sp³-hybridized carbons (Fsp3) is 0.333. The molecule has 1 amide bonds. The van der Waals surface area contributed by atoms with Gasteiger partial charge in [0.1, 0.15) is 18.1 Å². The van der Waals surface area contributed by atoms with Gasteiger partial charge in [0.25, 0.3) is 5.69 Å². The average Bonchev–Trinajstić information content (AvgIpc) is 2.54. The number of ether oxygens (including phenoxy) is 1. The van der Waals surface area contributed by atoms with E-state index in [4.69, 9.17) is 4.74 Å². The molecule has 2 N–H and O–H groups in total. The van der Waals surface area contributed by atoms with Gasteiger partial charge in [0.2, 0.25) is 0 Å². The van der Waals surface area contributed by atoms with E-state index in [0.717, 1.165) is 11.3 Å². The molecule has 8 nitrogen and oxygen atoms in total. The van der Waals surface area contributed by atoms with Crippen LogP contribution in [0.25, 0.3) is 0 Å². The quantitative estimate of drug-likeness (QED) is 0.609. The molecule has 0 bridgehead atoms. The SMILES string of the molecule is C[C@H](OC(=O)NC(C)(C)C)c1ccc(Nc2ccc([N+](=O)[O-])cn2)cc1. The van der Waals surface area contributed by atoms with Crippen molar-refractivity contribution >= 4 is 23.3 Å². The van der Waals surface area contributed by atoms with Crippen LogP contribution >= 0.6 is 0 Å². The van der Waals surface area contributed by atoms with Gasteiger partial charge in [-0.15, -0.1) is 0 Å². The topological polar surface area (TPSA) is 106 Å². The number of alkyl carbamates (subject to hydrolysis) is 1. The standard InChI is InChI=1S/C18H22N4O4/c1-12(26-17(23)21-18(2,3)4)13-5-7-14(8-6-13)20-16-10-9-15(11-19-16)22(24)25/h5-12H,1-4H3,(H,19,20)(H,21,23)/t12-/m0/s1. The van der Waals surface area contributed by atoms with Crippen LogP contribution in [0.5, 0.6) is 0 Å². The first kappa shape index (κ1) is 19.2. The van der Waals surface area contributed by atoms with Gasteiger partial charge in [-0.25, -0.2) is 9.78 Å². The van der Waals surface area contributed by atoms with Crippen LogP contribution in [0, 0.1) is 10.1 Å². The van der Waals surface area contributed by atoms with Crippen molar-refractivity contribution in [2.24, 2.45) is 0 Å². The van der Waals surface area contributed by atoms with Gasteiger partial charge < -0.3 is 15.4 Å². The van der Waals surface area contributed by atoms with E-state index >= 15 is 0 Å². The molecule has 1 aromatic heterocycles. The molecule has 8 heteroatoms. The fourth-order valence-electron chi connectivity index (χ4n) is 2.12. The van der Waals surface area contributed by atoms with Crippen LogP contribution in [-0.2, 0) is 4.74 Å². The predicted molar refractivity (Wildman–Crippen MR) is 98.4 cm³/mol. The second-order valence-electron chi connectivity index (χ2n) is 6.83. The Morgan fingerprint density at radius 3 is 2.35 bits per heavy atom. The van der Waals surface area contributed by atoms with Gasteiger partial charge in [-0.2, -0.15) is 0 Å². The van der Waals surface area contributed by atoms with Crippen molar-refractivity contribution < 1.29 is 14.5 Å². The van der Waals surface area contributed by atoms with Gasteiger partial charge in [-0.05, 0) is 51.5 Å². The number of pyridine rings is 1. The van der Waals surface area contributed by atoms with E-state index < -0.39 is 17.1 Å².